The molecular weight excluding hydrogens is 327 g/mol. The van der Waals surface area contributed by atoms with Crippen LogP contribution in [0.2, 0.25) is 5.02 Å². The molecule has 124 valence electrons. The summed E-state index contributed by atoms with van der Waals surface area (Å²) in [6.07, 6.45) is 2.61. The second-order valence-corrected chi connectivity index (χ2v) is 6.64. The van der Waals surface area contributed by atoms with Crippen LogP contribution >= 0.6 is 11.6 Å². The fourth-order valence-electron chi connectivity index (χ4n) is 2.49. The minimum atomic E-state index is -4.43. The Morgan fingerprint density at radius 3 is 2.52 bits per heavy atom. The largest absolute Gasteiger partial charge is 0.416 e. The van der Waals surface area contributed by atoms with E-state index in [0.29, 0.717) is 12.0 Å². The first-order chi connectivity index (χ1) is 10.8. The molecule has 2 nitrogen and oxygen atoms in total. The Bertz CT molecular complexity index is 633. The number of hydrogen-bond donors (Lipinski definition) is 0. The van der Waals surface area contributed by atoms with Gasteiger partial charge in [-0.1, -0.05) is 11.6 Å². The Hall–Kier alpha value is -1.49. The van der Waals surface area contributed by atoms with Crippen LogP contribution in [0.3, 0.4) is 0 Å². The van der Waals surface area contributed by atoms with E-state index < -0.39 is 11.7 Å². The van der Waals surface area contributed by atoms with Crippen molar-refractivity contribution in [3.05, 3.63) is 40.4 Å². The molecule has 0 radical (unpaired) electrons. The van der Waals surface area contributed by atoms with Crippen LogP contribution in [0.1, 0.15) is 36.8 Å². The molecule has 0 bridgehead atoms. The van der Waals surface area contributed by atoms with Crippen LogP contribution in [0.15, 0.2) is 24.3 Å². The zero-order chi connectivity index (χ0) is 16.6. The summed E-state index contributed by atoms with van der Waals surface area (Å²) in [6, 6.07) is 3.40. The van der Waals surface area contributed by atoms with Gasteiger partial charge in [-0.15, -0.1) is 0 Å². The third-order valence-corrected chi connectivity index (χ3v) is 4.50. The van der Waals surface area contributed by atoms with Crippen molar-refractivity contribution in [2.75, 3.05) is 6.54 Å². The van der Waals surface area contributed by atoms with Crippen molar-refractivity contribution in [1.29, 1.82) is 0 Å². The van der Waals surface area contributed by atoms with E-state index in [0.717, 1.165) is 44.4 Å². The van der Waals surface area contributed by atoms with Crippen molar-refractivity contribution < 1.29 is 18.0 Å². The van der Waals surface area contributed by atoms with E-state index in [1.165, 1.54) is 18.2 Å². The van der Waals surface area contributed by atoms with Gasteiger partial charge in [-0.2, -0.15) is 13.2 Å². The zero-order valence-corrected chi connectivity index (χ0v) is 13.2. The maximum absolute atomic E-state index is 12.7. The van der Waals surface area contributed by atoms with Gasteiger partial charge in [0, 0.05) is 23.7 Å². The maximum Gasteiger partial charge on any atom is 0.416 e. The molecule has 0 atom stereocenters. The summed E-state index contributed by atoms with van der Waals surface area (Å²) < 4.78 is 38.2. The fraction of sp³-hybridized carbons (Fsp3) is 0.471. The first kappa shape index (κ1) is 16.4. The molecule has 23 heavy (non-hydrogen) atoms. The highest BCUT2D eigenvalue weighted by atomic mass is 35.5. The minimum absolute atomic E-state index is 0.145. The van der Waals surface area contributed by atoms with Gasteiger partial charge in [0.15, 0.2) is 0 Å². The number of hydrogen-bond acceptors (Lipinski definition) is 1. The summed E-state index contributed by atoms with van der Waals surface area (Å²) >= 11 is 5.94. The second kappa shape index (κ2) is 6.19. The number of benzene rings is 1. The van der Waals surface area contributed by atoms with Crippen LogP contribution in [-0.2, 0) is 11.0 Å². The fourth-order valence-corrected chi connectivity index (χ4v) is 2.67. The summed E-state index contributed by atoms with van der Waals surface area (Å²) in [4.78, 5) is 14.2. The van der Waals surface area contributed by atoms with Gasteiger partial charge in [0.1, 0.15) is 0 Å². The van der Waals surface area contributed by atoms with Crippen LogP contribution in [0.4, 0.5) is 13.2 Å². The smallest absolute Gasteiger partial charge is 0.336 e. The predicted octanol–water partition coefficient (Wildman–Crippen LogP) is 4.77. The first-order valence-corrected chi connectivity index (χ1v) is 8.08. The van der Waals surface area contributed by atoms with E-state index >= 15 is 0 Å². The van der Waals surface area contributed by atoms with E-state index in [1.807, 2.05) is 4.90 Å². The lowest BCUT2D eigenvalue weighted by molar-refractivity contribution is -0.137. The van der Waals surface area contributed by atoms with Crippen molar-refractivity contribution in [1.82, 2.24) is 4.90 Å². The normalized spacial score (nSPS) is 18.4. The van der Waals surface area contributed by atoms with E-state index in [1.54, 1.807) is 0 Å². The molecule has 1 aromatic rings. The lowest BCUT2D eigenvalue weighted by atomic mass is 10.1. The highest BCUT2D eigenvalue weighted by molar-refractivity contribution is 6.32. The van der Waals surface area contributed by atoms with Crippen molar-refractivity contribution in [2.45, 2.75) is 37.9 Å². The van der Waals surface area contributed by atoms with Crippen LogP contribution in [0.5, 0.6) is 0 Å². The third-order valence-electron chi connectivity index (χ3n) is 4.15. The Morgan fingerprint density at radius 2 is 1.96 bits per heavy atom. The van der Waals surface area contributed by atoms with E-state index in [4.69, 9.17) is 11.6 Å². The molecule has 0 heterocycles. The highest BCUT2D eigenvalue weighted by Crippen LogP contribution is 2.35. The zero-order valence-electron chi connectivity index (χ0n) is 12.4. The van der Waals surface area contributed by atoms with Crippen LogP contribution in [-0.4, -0.2) is 23.4 Å². The summed E-state index contributed by atoms with van der Waals surface area (Å²) in [6.45, 7) is 0.754. The van der Waals surface area contributed by atoms with Crippen molar-refractivity contribution in [3.8, 4) is 0 Å². The van der Waals surface area contributed by atoms with E-state index in [2.05, 4.69) is 0 Å². The summed E-state index contributed by atoms with van der Waals surface area (Å²) in [5, 5.41) is 0.196. The Labute approximate surface area is 137 Å². The summed E-state index contributed by atoms with van der Waals surface area (Å²) in [5.74, 6) is 0.443. The second-order valence-electron chi connectivity index (χ2n) is 6.23. The topological polar surface area (TPSA) is 20.3 Å². The monoisotopic (exact) mass is 343 g/mol. The standard InChI is InChI=1S/C17H17ClF3NO/c18-15-7-4-13(17(19,20)21)9-12(15)3-8-16(23)22(14-5-6-14)10-11-1-2-11/h3-4,7-9,11,14H,1-2,5-6,10H2/b8-3+. The van der Waals surface area contributed by atoms with Crippen molar-refractivity contribution in [3.63, 3.8) is 0 Å². The quantitative estimate of drug-likeness (QED) is 0.705. The van der Waals surface area contributed by atoms with Gasteiger partial charge < -0.3 is 4.90 Å². The van der Waals surface area contributed by atoms with E-state index in [-0.39, 0.29) is 16.5 Å². The molecule has 2 fully saturated rings. The number of amides is 1. The summed E-state index contributed by atoms with van der Waals surface area (Å²) in [5.41, 5.74) is -0.567. The van der Waals surface area contributed by atoms with Gasteiger partial charge >= 0.3 is 6.18 Å². The molecule has 1 amide bonds. The number of nitrogens with zero attached hydrogens (tertiary/aromatic N) is 1. The molecule has 2 aliphatic carbocycles. The Kier molecular flexibility index (Phi) is 4.41. The Morgan fingerprint density at radius 1 is 1.26 bits per heavy atom. The number of rotatable bonds is 5. The predicted molar refractivity (Wildman–Crippen MR) is 82.9 cm³/mol. The average molecular weight is 344 g/mol. The van der Waals surface area contributed by atoms with Crippen LogP contribution in [0.25, 0.3) is 6.08 Å². The Balaban J connectivity index is 1.74. The molecule has 0 unspecified atom stereocenters. The number of carbonyl (C=O) groups is 1. The molecular formula is C17H17ClF3NO. The molecule has 0 aliphatic heterocycles. The van der Waals surface area contributed by atoms with Gasteiger partial charge in [-0.05, 0) is 61.4 Å². The number of carbonyl (C=O) groups excluding carboxylic acids is 1. The van der Waals surface area contributed by atoms with Crippen molar-refractivity contribution >= 4 is 23.6 Å². The first-order valence-electron chi connectivity index (χ1n) is 7.70. The number of alkyl halides is 3. The molecule has 0 spiro atoms. The highest BCUT2D eigenvalue weighted by Gasteiger charge is 2.35. The van der Waals surface area contributed by atoms with Gasteiger partial charge in [-0.3, -0.25) is 4.79 Å². The average Bonchev–Trinajstić information content (AvgIpc) is 3.35. The van der Waals surface area contributed by atoms with Gasteiger partial charge in [-0.25, -0.2) is 0 Å². The SMILES string of the molecule is O=C(/C=C/c1cc(C(F)(F)F)ccc1Cl)N(CC1CC1)C1CC1. The molecule has 2 saturated carbocycles. The molecule has 1 aromatic carbocycles. The molecule has 3 rings (SSSR count). The van der Waals surface area contributed by atoms with Crippen LogP contribution in [0, 0.1) is 5.92 Å². The lowest BCUT2D eigenvalue weighted by Crippen LogP contribution is -2.33. The third kappa shape index (κ3) is 4.28. The molecule has 0 saturated heterocycles. The maximum atomic E-state index is 12.7. The molecule has 6 heteroatoms. The van der Waals surface area contributed by atoms with Crippen molar-refractivity contribution in [2.24, 2.45) is 5.92 Å². The lowest BCUT2D eigenvalue weighted by Gasteiger charge is -2.20. The van der Waals surface area contributed by atoms with Gasteiger partial charge in [0.25, 0.3) is 0 Å². The summed E-state index contributed by atoms with van der Waals surface area (Å²) in [7, 11) is 0. The van der Waals surface area contributed by atoms with Gasteiger partial charge in [0.2, 0.25) is 5.91 Å². The molecule has 0 aromatic heterocycles. The minimum Gasteiger partial charge on any atom is -0.336 e. The molecule has 2 aliphatic rings. The van der Waals surface area contributed by atoms with Crippen LogP contribution < -0.4 is 0 Å². The number of halogens is 4. The van der Waals surface area contributed by atoms with E-state index in [9.17, 15) is 18.0 Å². The van der Waals surface area contributed by atoms with Gasteiger partial charge in [0.05, 0.1) is 5.56 Å². The molecule has 0 N–H and O–H groups in total.